The lowest BCUT2D eigenvalue weighted by Crippen LogP contribution is -2.27. The number of benzene rings is 2. The summed E-state index contributed by atoms with van der Waals surface area (Å²) in [6.45, 7) is 17.8. The van der Waals surface area contributed by atoms with Gasteiger partial charge in [0, 0.05) is 30.0 Å². The fraction of sp³-hybridized carbons (Fsp3) is 0.280. The number of hydrogen-bond donors (Lipinski definition) is 3. The van der Waals surface area contributed by atoms with Crippen LogP contribution >= 0.6 is 0 Å². The predicted molar refractivity (Wildman–Crippen MR) is 255 cm³/mol. The van der Waals surface area contributed by atoms with E-state index in [9.17, 15) is 33.1 Å². The zero-order valence-electron chi connectivity index (χ0n) is 40.4. The fourth-order valence-electron chi connectivity index (χ4n) is 7.65. The number of rotatable bonds is 7. The Labute approximate surface area is 402 Å². The van der Waals surface area contributed by atoms with Gasteiger partial charge in [-0.05, 0) is 113 Å². The lowest BCUT2D eigenvalue weighted by atomic mass is 10.1. The average molecular weight is 981 g/mol. The number of carbonyl (C=O) groups is 2. The van der Waals surface area contributed by atoms with Gasteiger partial charge in [-0.25, -0.2) is 37.1 Å². The third-order valence-electron chi connectivity index (χ3n) is 10.5. The molecule has 8 rings (SSSR count). The number of aliphatic hydroxyl groups excluding tert-OH is 1. The molecule has 0 fully saturated rings. The largest absolute Gasteiger partial charge is 0.444 e. The SMILES string of the molecule is Cc1noc(C)c1-c1ccc2c(=O)cc(C)n(-c3cc(NC(=O)OC(C)(C)C)c(F)cc3F)c2n1.Cc1noc(C)c1-c1ccc2c(=O)cc(CO)n(-c3cc(NC(=O)OC(C)(C)C)c(F)cc3F)c2n1. The number of aliphatic hydroxyl groups is 1. The second kappa shape index (κ2) is 19.3. The Hall–Kier alpha value is -8.20. The molecule has 8 aromatic rings. The van der Waals surface area contributed by atoms with Gasteiger partial charge in [-0.3, -0.25) is 29.4 Å². The van der Waals surface area contributed by atoms with Gasteiger partial charge in [0.25, 0.3) is 0 Å². The number of carbonyl (C=O) groups excluding carboxylic acids is 2. The van der Waals surface area contributed by atoms with Crippen molar-refractivity contribution in [2.24, 2.45) is 0 Å². The van der Waals surface area contributed by atoms with Crippen LogP contribution in [-0.2, 0) is 16.1 Å². The maximum absolute atomic E-state index is 15.2. The monoisotopic (exact) mass is 980 g/mol. The van der Waals surface area contributed by atoms with Crippen LogP contribution in [0, 0.1) is 57.9 Å². The summed E-state index contributed by atoms with van der Waals surface area (Å²) >= 11 is 0. The molecule has 71 heavy (non-hydrogen) atoms. The molecule has 0 radical (unpaired) electrons. The first-order valence-electron chi connectivity index (χ1n) is 21.8. The first-order chi connectivity index (χ1) is 33.2. The molecule has 17 nitrogen and oxygen atoms in total. The van der Waals surface area contributed by atoms with Crippen molar-refractivity contribution in [3.8, 4) is 33.9 Å². The first kappa shape index (κ1) is 50.7. The van der Waals surface area contributed by atoms with Crippen LogP contribution in [0.25, 0.3) is 56.0 Å². The Morgan fingerprint density at radius 1 is 0.606 bits per heavy atom. The molecule has 2 amide bonds. The van der Waals surface area contributed by atoms with Crippen LogP contribution in [0.5, 0.6) is 0 Å². The van der Waals surface area contributed by atoms with Crippen LogP contribution in [0.15, 0.2) is 79.3 Å². The van der Waals surface area contributed by atoms with E-state index in [-0.39, 0.29) is 55.9 Å². The number of anilines is 2. The molecule has 0 aliphatic carbocycles. The van der Waals surface area contributed by atoms with E-state index in [2.05, 4.69) is 30.9 Å². The third-order valence-corrected chi connectivity index (χ3v) is 10.5. The number of pyridine rings is 4. The molecule has 3 N–H and O–H groups in total. The Morgan fingerprint density at radius 3 is 1.41 bits per heavy atom. The first-order valence-corrected chi connectivity index (χ1v) is 21.8. The highest BCUT2D eigenvalue weighted by molar-refractivity contribution is 5.88. The number of ether oxygens (including phenoxy) is 2. The Kier molecular flexibility index (Phi) is 13.8. The molecule has 370 valence electrons. The minimum absolute atomic E-state index is 0.00430. The van der Waals surface area contributed by atoms with E-state index in [0.717, 1.165) is 18.2 Å². The van der Waals surface area contributed by atoms with Crippen LogP contribution in [0.1, 0.15) is 75.8 Å². The van der Waals surface area contributed by atoms with Crippen molar-refractivity contribution in [3.05, 3.63) is 139 Å². The van der Waals surface area contributed by atoms with Crippen molar-refractivity contribution < 1.29 is 50.8 Å². The van der Waals surface area contributed by atoms with E-state index < -0.39 is 58.7 Å². The minimum atomic E-state index is -1.04. The molecule has 0 aliphatic heterocycles. The lowest BCUT2D eigenvalue weighted by Gasteiger charge is -2.21. The number of halogens is 4. The Bertz CT molecular complexity index is 3510. The van der Waals surface area contributed by atoms with Gasteiger partial charge < -0.3 is 23.6 Å². The normalized spacial score (nSPS) is 11.7. The summed E-state index contributed by atoms with van der Waals surface area (Å²) in [6.07, 6.45) is -1.83. The van der Waals surface area contributed by atoms with Crippen LogP contribution in [0.2, 0.25) is 0 Å². The summed E-state index contributed by atoms with van der Waals surface area (Å²) in [4.78, 5) is 59.1. The number of nitrogens with one attached hydrogen (secondary N) is 2. The molecule has 6 aromatic heterocycles. The van der Waals surface area contributed by atoms with Gasteiger partial charge in [0.1, 0.15) is 57.3 Å². The van der Waals surface area contributed by atoms with Crippen LogP contribution in [-0.4, -0.2) is 57.9 Å². The van der Waals surface area contributed by atoms with E-state index in [0.29, 0.717) is 63.2 Å². The summed E-state index contributed by atoms with van der Waals surface area (Å²) in [6, 6.07) is 12.3. The Balaban J connectivity index is 0.000000209. The van der Waals surface area contributed by atoms with Crippen molar-refractivity contribution in [1.29, 1.82) is 0 Å². The zero-order valence-corrected chi connectivity index (χ0v) is 40.4. The molecule has 0 saturated carbocycles. The molecular formula is C50H48F4N8O9. The second-order valence-corrected chi connectivity index (χ2v) is 18.3. The van der Waals surface area contributed by atoms with E-state index in [4.69, 9.17) is 18.5 Å². The highest BCUT2D eigenvalue weighted by Gasteiger charge is 2.25. The summed E-state index contributed by atoms with van der Waals surface area (Å²) in [7, 11) is 0. The van der Waals surface area contributed by atoms with Crippen LogP contribution in [0.3, 0.4) is 0 Å². The van der Waals surface area contributed by atoms with Crippen LogP contribution < -0.4 is 21.5 Å². The number of nitrogens with zero attached hydrogens (tertiary/aromatic N) is 6. The molecule has 0 bridgehead atoms. The summed E-state index contributed by atoms with van der Waals surface area (Å²) in [5.41, 5.74) is 0.396. The number of hydrogen-bond acceptors (Lipinski definition) is 13. The molecular weight excluding hydrogens is 933 g/mol. The zero-order chi connectivity index (χ0) is 52.0. The number of amides is 2. The minimum Gasteiger partial charge on any atom is -0.444 e. The van der Waals surface area contributed by atoms with Crippen molar-refractivity contribution in [2.45, 2.75) is 94.0 Å². The van der Waals surface area contributed by atoms with Crippen molar-refractivity contribution in [3.63, 3.8) is 0 Å². The predicted octanol–water partition coefficient (Wildman–Crippen LogP) is 10.4. The van der Waals surface area contributed by atoms with Gasteiger partial charge >= 0.3 is 12.2 Å². The molecule has 2 aromatic carbocycles. The summed E-state index contributed by atoms with van der Waals surface area (Å²) in [5, 5.41) is 22.8. The summed E-state index contributed by atoms with van der Waals surface area (Å²) < 4.78 is 82.8. The molecule has 0 saturated heterocycles. The van der Waals surface area contributed by atoms with Crippen molar-refractivity contribution in [2.75, 3.05) is 10.6 Å². The van der Waals surface area contributed by atoms with E-state index >= 15 is 8.78 Å². The molecule has 0 aliphatic rings. The third kappa shape index (κ3) is 10.7. The average Bonchev–Trinajstić information content (AvgIpc) is 3.79. The van der Waals surface area contributed by atoms with Gasteiger partial charge in [0.2, 0.25) is 0 Å². The van der Waals surface area contributed by atoms with Crippen molar-refractivity contribution >= 4 is 45.6 Å². The lowest BCUT2D eigenvalue weighted by molar-refractivity contribution is 0.0624. The number of fused-ring (bicyclic) bond motifs is 2. The quantitative estimate of drug-likeness (QED) is 0.127. The smallest absolute Gasteiger partial charge is 0.412 e. The van der Waals surface area contributed by atoms with Gasteiger partial charge in [-0.1, -0.05) is 10.3 Å². The van der Waals surface area contributed by atoms with E-state index in [1.54, 1.807) is 94.4 Å². The standard InChI is InChI=1S/C25H24F2N4O5.C25H24F2N4O4/c1-12-22(13(2)36-30-12)18-7-6-15-21(33)8-14(11-32)31(23(15)28-18)20-10-19(16(26)9-17(20)27)29-24(34)35-25(3,4)5;1-12-9-21(32)15-7-8-18(22-13(2)30-35-14(22)3)28-23(15)31(12)20-11-19(16(26)10-17(20)27)29-24(33)34-25(4,5)6/h6-10,32H,11H2,1-5H3,(H,29,34);7-11H,1-6H3,(H,29,33). The summed E-state index contributed by atoms with van der Waals surface area (Å²) in [5.74, 6) is -2.91. The molecule has 21 heteroatoms. The number of aryl methyl sites for hydroxylation is 5. The second-order valence-electron chi connectivity index (χ2n) is 18.3. The Morgan fingerprint density at radius 2 is 1.01 bits per heavy atom. The van der Waals surface area contributed by atoms with Gasteiger partial charge in [-0.15, -0.1) is 0 Å². The molecule has 6 heterocycles. The molecule has 0 unspecified atom stereocenters. The van der Waals surface area contributed by atoms with E-state index in [1.165, 1.54) is 21.3 Å². The highest BCUT2D eigenvalue weighted by atomic mass is 19.1. The topological polar surface area (TPSA) is 219 Å². The van der Waals surface area contributed by atoms with Gasteiger partial charge in [0.15, 0.2) is 10.9 Å². The van der Waals surface area contributed by atoms with Crippen LogP contribution in [0.4, 0.5) is 38.5 Å². The van der Waals surface area contributed by atoms with Crippen molar-refractivity contribution in [1.82, 2.24) is 29.4 Å². The maximum Gasteiger partial charge on any atom is 0.412 e. The highest BCUT2D eigenvalue weighted by Crippen LogP contribution is 2.32. The van der Waals surface area contributed by atoms with E-state index in [1.807, 2.05) is 0 Å². The van der Waals surface area contributed by atoms with Gasteiger partial charge in [0.05, 0.1) is 79.7 Å². The maximum atomic E-state index is 15.2. The number of aromatic nitrogens is 6. The fourth-order valence-corrected chi connectivity index (χ4v) is 7.65. The molecule has 0 spiro atoms. The molecule has 0 atom stereocenters. The van der Waals surface area contributed by atoms with Gasteiger partial charge in [-0.2, -0.15) is 0 Å².